The zero-order chi connectivity index (χ0) is 24.5. The lowest BCUT2D eigenvalue weighted by Gasteiger charge is -2.42. The van der Waals surface area contributed by atoms with Gasteiger partial charge in [-0.2, -0.15) is 0 Å². The molecule has 3 aliphatic heterocycles. The first-order valence-electron chi connectivity index (χ1n) is 12.3. The van der Waals surface area contributed by atoms with Crippen molar-refractivity contribution in [3.8, 4) is 0 Å². The van der Waals surface area contributed by atoms with Crippen molar-refractivity contribution in [2.45, 2.75) is 19.5 Å². The lowest BCUT2D eigenvalue weighted by Crippen LogP contribution is -2.59. The molecule has 0 spiro atoms. The Hall–Kier alpha value is -2.52. The summed E-state index contributed by atoms with van der Waals surface area (Å²) < 4.78 is 14.2. The van der Waals surface area contributed by atoms with Crippen LogP contribution in [0.15, 0.2) is 48.5 Å². The molecule has 1 N–H and O–H groups in total. The number of halogens is 2. The molecular formula is C26H31ClFN5O2. The fourth-order valence-corrected chi connectivity index (χ4v) is 5.69. The van der Waals surface area contributed by atoms with Crippen molar-refractivity contribution >= 4 is 29.1 Å². The van der Waals surface area contributed by atoms with Crippen molar-refractivity contribution < 1.29 is 14.0 Å². The van der Waals surface area contributed by atoms with Crippen molar-refractivity contribution in [3.63, 3.8) is 0 Å². The molecule has 186 valence electrons. The number of carbonyl (C=O) groups excluding carboxylic acids is 2. The highest BCUT2D eigenvalue weighted by Crippen LogP contribution is 2.33. The smallest absolute Gasteiger partial charge is 0.247 e. The second-order valence-electron chi connectivity index (χ2n) is 9.53. The summed E-state index contributed by atoms with van der Waals surface area (Å²) in [4.78, 5) is 33.2. The topological polar surface area (TPSA) is 59.1 Å². The van der Waals surface area contributed by atoms with E-state index >= 15 is 0 Å². The van der Waals surface area contributed by atoms with E-state index in [1.54, 1.807) is 17.1 Å². The Balaban J connectivity index is 1.27. The van der Waals surface area contributed by atoms with Gasteiger partial charge in [0.25, 0.3) is 0 Å². The fourth-order valence-electron chi connectivity index (χ4n) is 5.47. The number of carbonyl (C=O) groups is 2. The monoisotopic (exact) mass is 499 g/mol. The number of rotatable bonds is 5. The minimum atomic E-state index is -0.307. The van der Waals surface area contributed by atoms with E-state index in [1.165, 1.54) is 6.07 Å². The first-order valence-corrected chi connectivity index (χ1v) is 12.7. The van der Waals surface area contributed by atoms with Gasteiger partial charge < -0.3 is 9.80 Å². The minimum Gasteiger partial charge on any atom is -0.340 e. The Kier molecular flexibility index (Phi) is 7.07. The Labute approximate surface area is 210 Å². The molecule has 2 amide bonds. The van der Waals surface area contributed by atoms with Crippen LogP contribution in [0.1, 0.15) is 12.5 Å². The zero-order valence-corrected chi connectivity index (χ0v) is 20.6. The maximum absolute atomic E-state index is 14.2. The van der Waals surface area contributed by atoms with Crippen LogP contribution >= 0.6 is 11.6 Å². The Morgan fingerprint density at radius 3 is 2.46 bits per heavy atom. The zero-order valence-electron chi connectivity index (χ0n) is 19.9. The standard InChI is InChI=1S/C26H31ClFN5O2/c1-2-30-16-20(24-21(17-30)26(35)33(29-24)18-7-4-3-5-8-18)25(34)32-13-11-31(12-14-32)15-19-22(27)9-6-10-23(19)28/h3-10,20-21,24,29H,2,11-17H2,1H3. The molecule has 0 bridgehead atoms. The first kappa shape index (κ1) is 24.2. The minimum absolute atomic E-state index is 0.0173. The summed E-state index contributed by atoms with van der Waals surface area (Å²) in [5.41, 5.74) is 4.66. The van der Waals surface area contributed by atoms with Gasteiger partial charge in [-0.15, -0.1) is 0 Å². The molecule has 3 saturated heterocycles. The quantitative estimate of drug-likeness (QED) is 0.685. The number of nitrogens with one attached hydrogen (secondary N) is 1. The van der Waals surface area contributed by atoms with Crippen molar-refractivity contribution in [2.75, 3.05) is 50.8 Å². The van der Waals surface area contributed by atoms with E-state index in [4.69, 9.17) is 11.6 Å². The third kappa shape index (κ3) is 4.80. The first-order chi connectivity index (χ1) is 17.0. The third-order valence-corrected chi connectivity index (χ3v) is 7.85. The highest BCUT2D eigenvalue weighted by Gasteiger charge is 2.51. The summed E-state index contributed by atoms with van der Waals surface area (Å²) in [6, 6.07) is 14.0. The van der Waals surface area contributed by atoms with Gasteiger partial charge in [-0.05, 0) is 30.8 Å². The molecule has 2 aromatic rings. The Morgan fingerprint density at radius 2 is 1.77 bits per heavy atom. The number of hydrazine groups is 1. The predicted molar refractivity (Wildman–Crippen MR) is 133 cm³/mol. The molecule has 9 heteroatoms. The van der Waals surface area contributed by atoms with Gasteiger partial charge in [-0.25, -0.2) is 14.8 Å². The van der Waals surface area contributed by atoms with Gasteiger partial charge in [0.1, 0.15) is 5.82 Å². The molecule has 3 heterocycles. The van der Waals surface area contributed by atoms with Crippen LogP contribution in [0.4, 0.5) is 10.1 Å². The number of amides is 2. The maximum atomic E-state index is 14.2. The average molecular weight is 500 g/mol. The number of benzene rings is 2. The van der Waals surface area contributed by atoms with Crippen molar-refractivity contribution in [1.29, 1.82) is 0 Å². The average Bonchev–Trinajstić information content (AvgIpc) is 3.22. The molecule has 7 nitrogen and oxygen atoms in total. The normalized spacial score (nSPS) is 25.7. The lowest BCUT2D eigenvalue weighted by atomic mass is 9.83. The second kappa shape index (κ2) is 10.2. The molecule has 3 atom stereocenters. The van der Waals surface area contributed by atoms with Gasteiger partial charge in [0, 0.05) is 56.4 Å². The van der Waals surface area contributed by atoms with Crippen LogP contribution in [0.3, 0.4) is 0 Å². The Bertz CT molecular complexity index is 1060. The van der Waals surface area contributed by atoms with E-state index in [1.807, 2.05) is 35.2 Å². The molecule has 0 radical (unpaired) electrons. The number of para-hydroxylation sites is 1. The van der Waals surface area contributed by atoms with E-state index in [9.17, 15) is 14.0 Å². The number of fused-ring (bicyclic) bond motifs is 1. The van der Waals surface area contributed by atoms with Crippen LogP contribution < -0.4 is 10.4 Å². The van der Waals surface area contributed by atoms with Gasteiger partial charge >= 0.3 is 0 Å². The fraction of sp³-hybridized carbons (Fsp3) is 0.462. The van der Waals surface area contributed by atoms with Crippen molar-refractivity contribution in [1.82, 2.24) is 20.1 Å². The van der Waals surface area contributed by atoms with E-state index in [0.29, 0.717) is 56.4 Å². The molecule has 2 aromatic carbocycles. The maximum Gasteiger partial charge on any atom is 0.247 e. The number of anilines is 1. The number of likely N-dealkylation sites (tertiary alicyclic amines) is 1. The van der Waals surface area contributed by atoms with Crippen LogP contribution in [0.25, 0.3) is 0 Å². The van der Waals surface area contributed by atoms with Crippen LogP contribution in [-0.2, 0) is 16.1 Å². The number of nitrogens with zero attached hydrogens (tertiary/aromatic N) is 4. The molecule has 0 aromatic heterocycles. The van der Waals surface area contributed by atoms with Gasteiger partial charge in [0.15, 0.2) is 0 Å². The number of hydrogen-bond acceptors (Lipinski definition) is 5. The molecule has 3 fully saturated rings. The van der Waals surface area contributed by atoms with Gasteiger partial charge in [0.2, 0.25) is 11.8 Å². The number of piperazine rings is 1. The highest BCUT2D eigenvalue weighted by molar-refractivity contribution is 6.31. The summed E-state index contributed by atoms with van der Waals surface area (Å²) in [7, 11) is 0. The van der Waals surface area contributed by atoms with Crippen LogP contribution in [-0.4, -0.2) is 78.4 Å². The van der Waals surface area contributed by atoms with Crippen LogP contribution in [0.5, 0.6) is 0 Å². The van der Waals surface area contributed by atoms with Gasteiger partial charge in [0.05, 0.1) is 23.6 Å². The highest BCUT2D eigenvalue weighted by atomic mass is 35.5. The van der Waals surface area contributed by atoms with E-state index in [2.05, 4.69) is 22.1 Å². The van der Waals surface area contributed by atoms with Gasteiger partial charge in [-0.1, -0.05) is 42.8 Å². The SMILES string of the molecule is CCN1CC(C(=O)N2CCN(Cc3c(F)cccc3Cl)CC2)C2NN(c3ccccc3)C(=O)C2C1. The molecule has 35 heavy (non-hydrogen) atoms. The van der Waals surface area contributed by atoms with Crippen molar-refractivity contribution in [2.24, 2.45) is 11.8 Å². The predicted octanol–water partition coefficient (Wildman–Crippen LogP) is 2.61. The van der Waals surface area contributed by atoms with E-state index in [-0.39, 0.29) is 35.5 Å². The van der Waals surface area contributed by atoms with E-state index < -0.39 is 0 Å². The summed E-state index contributed by atoms with van der Waals surface area (Å²) >= 11 is 6.20. The van der Waals surface area contributed by atoms with Crippen LogP contribution in [0.2, 0.25) is 5.02 Å². The summed E-state index contributed by atoms with van der Waals surface area (Å²) in [5, 5.41) is 2.04. The second-order valence-corrected chi connectivity index (χ2v) is 9.94. The van der Waals surface area contributed by atoms with Crippen LogP contribution in [0, 0.1) is 17.7 Å². The lowest BCUT2D eigenvalue weighted by molar-refractivity contribution is -0.141. The Morgan fingerprint density at radius 1 is 1.03 bits per heavy atom. The summed E-state index contributed by atoms with van der Waals surface area (Å²) in [5.74, 6) is -0.772. The van der Waals surface area contributed by atoms with Crippen molar-refractivity contribution in [3.05, 3.63) is 64.9 Å². The third-order valence-electron chi connectivity index (χ3n) is 7.50. The molecule has 3 aliphatic rings. The van der Waals surface area contributed by atoms with Gasteiger partial charge in [-0.3, -0.25) is 14.5 Å². The van der Waals surface area contributed by atoms with E-state index in [0.717, 1.165) is 12.2 Å². The number of hydrogen-bond donors (Lipinski definition) is 1. The number of piperidine rings is 1. The summed E-state index contributed by atoms with van der Waals surface area (Å²) in [6.45, 7) is 7.01. The summed E-state index contributed by atoms with van der Waals surface area (Å²) in [6.07, 6.45) is 0. The largest absolute Gasteiger partial charge is 0.340 e. The molecule has 5 rings (SSSR count). The molecule has 0 aliphatic carbocycles. The molecule has 0 saturated carbocycles. The molecular weight excluding hydrogens is 469 g/mol. The molecule has 3 unspecified atom stereocenters.